The van der Waals surface area contributed by atoms with E-state index >= 15 is 0 Å². The Hall–Kier alpha value is -3.67. The molecule has 0 unspecified atom stereocenters. The van der Waals surface area contributed by atoms with Gasteiger partial charge in [-0.25, -0.2) is 9.97 Å². The first-order valence-corrected chi connectivity index (χ1v) is 10.5. The minimum Gasteiger partial charge on any atom is -0.383 e. The first-order valence-electron chi connectivity index (χ1n) is 10.5. The number of hydrogen-bond donors (Lipinski definition) is 2. The van der Waals surface area contributed by atoms with Crippen LogP contribution in [0.2, 0.25) is 0 Å². The van der Waals surface area contributed by atoms with Gasteiger partial charge in [-0.05, 0) is 50.2 Å². The number of nitrogens with one attached hydrogen (secondary N) is 1. The molecule has 0 atom stereocenters. The Bertz CT molecular complexity index is 1210. The minimum absolute atomic E-state index is 0.133. The Morgan fingerprint density at radius 1 is 1.32 bits per heavy atom. The van der Waals surface area contributed by atoms with E-state index in [1.807, 2.05) is 24.1 Å². The van der Waals surface area contributed by atoms with Crippen molar-refractivity contribution in [1.29, 1.82) is 5.26 Å². The highest BCUT2D eigenvalue weighted by molar-refractivity contribution is 5.76. The van der Waals surface area contributed by atoms with Gasteiger partial charge in [-0.15, -0.1) is 0 Å². The number of amides is 1. The van der Waals surface area contributed by atoms with Crippen LogP contribution in [-0.2, 0) is 11.2 Å². The van der Waals surface area contributed by atoms with Crippen LogP contribution in [0.1, 0.15) is 54.1 Å². The number of nitrogen functional groups attached to an aromatic ring is 1. The second-order valence-electron chi connectivity index (χ2n) is 8.02. The maximum Gasteiger partial charge on any atom is 0.291 e. The van der Waals surface area contributed by atoms with Crippen molar-refractivity contribution in [2.75, 3.05) is 18.8 Å². The summed E-state index contributed by atoms with van der Waals surface area (Å²) in [6.07, 6.45) is 8.69. The molecule has 0 aliphatic carbocycles. The predicted molar refractivity (Wildman–Crippen MR) is 115 cm³/mol. The number of likely N-dealkylation sites (tertiary alicyclic amines) is 1. The zero-order chi connectivity index (χ0) is 22.0. The number of nitrogens with two attached hydrogens (primary N) is 1. The molecule has 3 N–H and O–H groups in total. The molecule has 4 heterocycles. The monoisotopic (exact) mass is 419 g/mol. The van der Waals surface area contributed by atoms with Gasteiger partial charge in [-0.1, -0.05) is 0 Å². The van der Waals surface area contributed by atoms with Gasteiger partial charge in [0.1, 0.15) is 11.9 Å². The quantitative estimate of drug-likeness (QED) is 0.649. The SMILES string of the molecule is Cc1cnc2c(=O)[nH]c(CCCC(=O)N3CCC(c4cnc(N)c(C#N)c4)CC3)cn12. The molecule has 0 spiro atoms. The van der Waals surface area contributed by atoms with Gasteiger partial charge < -0.3 is 15.6 Å². The number of nitrogens with zero attached hydrogens (tertiary/aromatic N) is 5. The molecule has 1 aliphatic rings. The van der Waals surface area contributed by atoms with Gasteiger partial charge in [0, 0.05) is 49.5 Å². The molecule has 1 amide bonds. The van der Waals surface area contributed by atoms with E-state index in [2.05, 4.69) is 21.0 Å². The van der Waals surface area contributed by atoms with Gasteiger partial charge in [0.15, 0.2) is 0 Å². The topological polar surface area (TPSA) is 133 Å². The number of H-pyrrole nitrogens is 1. The Labute approximate surface area is 179 Å². The molecule has 1 saturated heterocycles. The summed E-state index contributed by atoms with van der Waals surface area (Å²) >= 11 is 0. The van der Waals surface area contributed by atoms with E-state index in [9.17, 15) is 9.59 Å². The number of aromatic amines is 1. The van der Waals surface area contributed by atoms with Gasteiger partial charge in [0.25, 0.3) is 5.56 Å². The molecule has 3 aromatic rings. The first-order chi connectivity index (χ1) is 15.0. The fourth-order valence-electron chi connectivity index (χ4n) is 4.15. The average molecular weight is 419 g/mol. The van der Waals surface area contributed by atoms with Crippen LogP contribution in [0.15, 0.2) is 29.5 Å². The lowest BCUT2D eigenvalue weighted by Crippen LogP contribution is -2.37. The van der Waals surface area contributed by atoms with E-state index in [0.29, 0.717) is 43.6 Å². The number of imidazole rings is 1. The van der Waals surface area contributed by atoms with Gasteiger partial charge in [-0.3, -0.25) is 14.0 Å². The van der Waals surface area contributed by atoms with Crippen molar-refractivity contribution in [3.8, 4) is 6.07 Å². The Morgan fingerprint density at radius 3 is 2.84 bits per heavy atom. The Morgan fingerprint density at radius 2 is 2.10 bits per heavy atom. The molecule has 3 aromatic heterocycles. The number of anilines is 1. The molecule has 0 aromatic carbocycles. The van der Waals surface area contributed by atoms with Crippen molar-refractivity contribution in [3.05, 3.63) is 57.5 Å². The maximum atomic E-state index is 12.6. The number of carbonyl (C=O) groups is 1. The standard InChI is InChI=1S/C22H25N7O2/c1-14-11-26-21-22(31)27-18(13-29(14)21)3-2-4-19(30)28-7-5-15(6-8-28)17-9-16(10-23)20(24)25-12-17/h9,11-13,15H,2-8H2,1H3,(H2,24,25)(H,27,31). The van der Waals surface area contributed by atoms with Crippen molar-refractivity contribution in [2.45, 2.75) is 44.9 Å². The van der Waals surface area contributed by atoms with E-state index in [4.69, 9.17) is 11.0 Å². The normalized spacial score (nSPS) is 14.6. The number of carbonyl (C=O) groups excluding carboxylic acids is 1. The molecule has 4 rings (SSSR count). The molecular weight excluding hydrogens is 394 g/mol. The summed E-state index contributed by atoms with van der Waals surface area (Å²) in [6, 6.07) is 3.88. The number of aryl methyl sites for hydroxylation is 2. The molecule has 9 nitrogen and oxygen atoms in total. The lowest BCUT2D eigenvalue weighted by atomic mass is 9.89. The van der Waals surface area contributed by atoms with Crippen molar-refractivity contribution < 1.29 is 4.79 Å². The van der Waals surface area contributed by atoms with Crippen LogP contribution < -0.4 is 11.3 Å². The van der Waals surface area contributed by atoms with Crippen LogP contribution >= 0.6 is 0 Å². The number of hydrogen-bond acceptors (Lipinski definition) is 6. The second kappa shape index (κ2) is 8.60. The third kappa shape index (κ3) is 4.28. The minimum atomic E-state index is -0.212. The van der Waals surface area contributed by atoms with Gasteiger partial charge in [0.2, 0.25) is 11.6 Å². The van der Waals surface area contributed by atoms with Gasteiger partial charge in [-0.2, -0.15) is 5.26 Å². The van der Waals surface area contributed by atoms with E-state index in [1.54, 1.807) is 16.8 Å². The Balaban J connectivity index is 1.29. The van der Waals surface area contributed by atoms with Crippen LogP contribution in [0.3, 0.4) is 0 Å². The van der Waals surface area contributed by atoms with E-state index in [1.165, 1.54) is 0 Å². The summed E-state index contributed by atoms with van der Waals surface area (Å²) in [4.78, 5) is 37.7. The molecule has 9 heteroatoms. The molecule has 1 aliphatic heterocycles. The summed E-state index contributed by atoms with van der Waals surface area (Å²) in [7, 11) is 0. The lowest BCUT2D eigenvalue weighted by Gasteiger charge is -2.32. The third-order valence-corrected chi connectivity index (χ3v) is 5.96. The van der Waals surface area contributed by atoms with Crippen molar-refractivity contribution in [2.24, 2.45) is 0 Å². The van der Waals surface area contributed by atoms with E-state index in [-0.39, 0.29) is 23.2 Å². The second-order valence-corrected chi connectivity index (χ2v) is 8.02. The highest BCUT2D eigenvalue weighted by Gasteiger charge is 2.24. The molecule has 0 bridgehead atoms. The first kappa shape index (κ1) is 20.6. The number of pyridine rings is 1. The number of nitriles is 1. The Kier molecular flexibility index (Phi) is 5.71. The summed E-state index contributed by atoms with van der Waals surface area (Å²) in [5, 5.41) is 9.14. The summed E-state index contributed by atoms with van der Waals surface area (Å²) in [5.41, 5.74) is 8.99. The fraction of sp³-hybridized carbons (Fsp3) is 0.409. The average Bonchev–Trinajstić information content (AvgIpc) is 3.15. The number of piperidine rings is 1. The number of fused-ring (bicyclic) bond motifs is 1. The van der Waals surface area contributed by atoms with Crippen LogP contribution in [-0.4, -0.2) is 43.2 Å². The predicted octanol–water partition coefficient (Wildman–Crippen LogP) is 1.91. The molecule has 1 fully saturated rings. The fourth-order valence-corrected chi connectivity index (χ4v) is 4.15. The lowest BCUT2D eigenvalue weighted by molar-refractivity contribution is -0.132. The largest absolute Gasteiger partial charge is 0.383 e. The zero-order valence-electron chi connectivity index (χ0n) is 17.5. The maximum absolute atomic E-state index is 12.6. The zero-order valence-corrected chi connectivity index (χ0v) is 17.5. The molecular formula is C22H25N7O2. The van der Waals surface area contributed by atoms with Gasteiger partial charge in [0.05, 0.1) is 5.56 Å². The smallest absolute Gasteiger partial charge is 0.291 e. The number of rotatable bonds is 5. The van der Waals surface area contributed by atoms with Crippen molar-refractivity contribution >= 4 is 17.4 Å². The summed E-state index contributed by atoms with van der Waals surface area (Å²) < 4.78 is 1.78. The number of aromatic nitrogens is 4. The van der Waals surface area contributed by atoms with Crippen LogP contribution in [0.4, 0.5) is 5.82 Å². The molecule has 160 valence electrons. The molecule has 31 heavy (non-hydrogen) atoms. The molecule has 0 radical (unpaired) electrons. The summed E-state index contributed by atoms with van der Waals surface area (Å²) in [6.45, 7) is 3.28. The van der Waals surface area contributed by atoms with Crippen molar-refractivity contribution in [1.82, 2.24) is 24.3 Å². The highest BCUT2D eigenvalue weighted by Crippen LogP contribution is 2.29. The summed E-state index contributed by atoms with van der Waals surface area (Å²) in [5.74, 6) is 0.663. The van der Waals surface area contributed by atoms with Crippen LogP contribution in [0, 0.1) is 18.3 Å². The third-order valence-electron chi connectivity index (χ3n) is 5.96. The molecule has 0 saturated carbocycles. The van der Waals surface area contributed by atoms with Crippen LogP contribution in [0.5, 0.6) is 0 Å². The highest BCUT2D eigenvalue weighted by atomic mass is 16.2. The van der Waals surface area contributed by atoms with E-state index < -0.39 is 0 Å². The van der Waals surface area contributed by atoms with Crippen molar-refractivity contribution in [3.63, 3.8) is 0 Å². The van der Waals surface area contributed by atoms with Crippen LogP contribution in [0.25, 0.3) is 5.65 Å². The van der Waals surface area contributed by atoms with E-state index in [0.717, 1.165) is 29.8 Å². The van der Waals surface area contributed by atoms with Gasteiger partial charge >= 0.3 is 0 Å².